The lowest BCUT2D eigenvalue weighted by atomic mass is 10.2. The molecule has 0 fully saturated rings. The Kier molecular flexibility index (Phi) is 2.67. The zero-order valence-electron chi connectivity index (χ0n) is 8.24. The van der Waals surface area contributed by atoms with Crippen molar-refractivity contribution in [3.8, 4) is 5.75 Å². The first-order valence-electron chi connectivity index (χ1n) is 4.73. The van der Waals surface area contributed by atoms with E-state index in [9.17, 15) is 18.3 Å². The average Bonchev–Trinajstić information content (AvgIpc) is 2.26. The number of aliphatic hydroxyl groups excluding tert-OH is 1. The van der Waals surface area contributed by atoms with Crippen molar-refractivity contribution in [3.63, 3.8) is 0 Å². The highest BCUT2D eigenvalue weighted by atomic mass is 19.4. The van der Waals surface area contributed by atoms with Gasteiger partial charge in [0.05, 0.1) is 12.2 Å². The minimum Gasteiger partial charge on any atom is -0.490 e. The molecule has 1 heterocycles. The van der Waals surface area contributed by atoms with Crippen molar-refractivity contribution >= 4 is 5.69 Å². The Hall–Kier alpha value is -1.43. The number of rotatable bonds is 1. The molecule has 1 atom stereocenters. The summed E-state index contributed by atoms with van der Waals surface area (Å²) in [7, 11) is 0. The molecule has 0 aromatic heterocycles. The highest BCUT2D eigenvalue weighted by molar-refractivity contribution is 5.60. The molecular weight excluding hydrogens is 223 g/mol. The van der Waals surface area contributed by atoms with Gasteiger partial charge in [0, 0.05) is 0 Å². The zero-order chi connectivity index (χ0) is 11.8. The lowest BCUT2D eigenvalue weighted by molar-refractivity contribution is -0.204. The predicted molar refractivity (Wildman–Crippen MR) is 51.3 cm³/mol. The minimum absolute atomic E-state index is 0.0116. The first-order valence-corrected chi connectivity index (χ1v) is 4.73. The number of fused-ring (bicyclic) bond motifs is 1. The summed E-state index contributed by atoms with van der Waals surface area (Å²) in [5.74, 6) is 0.358. The first-order chi connectivity index (χ1) is 7.50. The molecule has 1 aliphatic heterocycles. The first kappa shape index (κ1) is 11.1. The van der Waals surface area contributed by atoms with Crippen LogP contribution in [0.2, 0.25) is 0 Å². The van der Waals surface area contributed by atoms with Crippen LogP contribution >= 0.6 is 0 Å². The number of para-hydroxylation sites is 2. The van der Waals surface area contributed by atoms with Crippen molar-refractivity contribution in [1.82, 2.24) is 0 Å². The SMILES string of the molecule is OC(N1CCOc2ccccc21)C(F)(F)F. The molecular formula is C10H10F3NO2. The molecule has 0 bridgehead atoms. The second-order valence-corrected chi connectivity index (χ2v) is 3.42. The molecule has 1 aliphatic rings. The van der Waals surface area contributed by atoms with Gasteiger partial charge in [0.1, 0.15) is 12.4 Å². The van der Waals surface area contributed by atoms with E-state index in [1.54, 1.807) is 18.2 Å². The van der Waals surface area contributed by atoms with E-state index in [0.29, 0.717) is 5.75 Å². The van der Waals surface area contributed by atoms with E-state index < -0.39 is 12.4 Å². The number of benzene rings is 1. The van der Waals surface area contributed by atoms with Crippen LogP contribution in [0.15, 0.2) is 24.3 Å². The van der Waals surface area contributed by atoms with E-state index in [0.717, 1.165) is 4.90 Å². The number of hydrogen-bond donors (Lipinski definition) is 1. The largest absolute Gasteiger partial charge is 0.490 e. The van der Waals surface area contributed by atoms with Gasteiger partial charge < -0.3 is 14.7 Å². The molecule has 16 heavy (non-hydrogen) atoms. The molecule has 0 amide bonds. The molecule has 1 aromatic carbocycles. The third-order valence-corrected chi connectivity index (χ3v) is 2.35. The molecule has 0 radical (unpaired) electrons. The molecule has 2 rings (SSSR count). The molecule has 6 heteroatoms. The third kappa shape index (κ3) is 1.92. The lowest BCUT2D eigenvalue weighted by Gasteiger charge is -2.35. The van der Waals surface area contributed by atoms with Gasteiger partial charge in [0.2, 0.25) is 6.23 Å². The van der Waals surface area contributed by atoms with Crippen molar-refractivity contribution in [1.29, 1.82) is 0 Å². The molecule has 0 saturated carbocycles. The Labute approximate surface area is 90.0 Å². The maximum atomic E-state index is 12.4. The van der Waals surface area contributed by atoms with Gasteiger partial charge in [-0.3, -0.25) is 0 Å². The number of alkyl halides is 3. The van der Waals surface area contributed by atoms with Crippen molar-refractivity contribution < 1.29 is 23.0 Å². The quantitative estimate of drug-likeness (QED) is 0.802. The lowest BCUT2D eigenvalue weighted by Crippen LogP contribution is -2.49. The standard InChI is InChI=1S/C10H10F3NO2/c11-10(12,13)9(15)14-5-6-16-8-4-2-1-3-7(8)14/h1-4,9,15H,5-6H2. The van der Waals surface area contributed by atoms with E-state index in [1.807, 2.05) is 0 Å². The summed E-state index contributed by atoms with van der Waals surface area (Å²) in [4.78, 5) is 0.888. The fraction of sp³-hybridized carbons (Fsp3) is 0.400. The van der Waals surface area contributed by atoms with Crippen molar-refractivity contribution in [2.75, 3.05) is 18.1 Å². The van der Waals surface area contributed by atoms with E-state index in [4.69, 9.17) is 4.74 Å². The monoisotopic (exact) mass is 233 g/mol. The van der Waals surface area contributed by atoms with Crippen LogP contribution in [0.1, 0.15) is 0 Å². The van der Waals surface area contributed by atoms with Crippen LogP contribution in [-0.2, 0) is 0 Å². The van der Waals surface area contributed by atoms with Gasteiger partial charge in [-0.2, -0.15) is 13.2 Å². The van der Waals surface area contributed by atoms with Crippen LogP contribution in [0.25, 0.3) is 0 Å². The number of hydrogen-bond acceptors (Lipinski definition) is 3. The molecule has 88 valence electrons. The number of ether oxygens (including phenoxy) is 1. The number of anilines is 1. The second kappa shape index (κ2) is 3.86. The molecule has 3 nitrogen and oxygen atoms in total. The Bertz CT molecular complexity index is 381. The van der Waals surface area contributed by atoms with Crippen LogP contribution in [0.4, 0.5) is 18.9 Å². The predicted octanol–water partition coefficient (Wildman–Crippen LogP) is 1.77. The normalized spacial score (nSPS) is 17.6. The molecule has 1 N–H and O–H groups in total. The van der Waals surface area contributed by atoms with Crippen molar-refractivity contribution in [3.05, 3.63) is 24.3 Å². The Balaban J connectivity index is 2.32. The van der Waals surface area contributed by atoms with E-state index in [1.165, 1.54) is 6.07 Å². The average molecular weight is 233 g/mol. The van der Waals surface area contributed by atoms with Crippen LogP contribution < -0.4 is 9.64 Å². The molecule has 0 aliphatic carbocycles. The summed E-state index contributed by atoms with van der Waals surface area (Å²) in [5, 5.41) is 9.20. The highest BCUT2D eigenvalue weighted by Crippen LogP contribution is 2.35. The Morgan fingerprint density at radius 3 is 2.69 bits per heavy atom. The van der Waals surface area contributed by atoms with Crippen LogP contribution in [-0.4, -0.2) is 30.7 Å². The summed E-state index contributed by atoms with van der Waals surface area (Å²) < 4.78 is 42.4. The van der Waals surface area contributed by atoms with Gasteiger partial charge in [-0.1, -0.05) is 12.1 Å². The molecule has 1 unspecified atom stereocenters. The fourth-order valence-electron chi connectivity index (χ4n) is 1.62. The molecule has 0 saturated heterocycles. The van der Waals surface area contributed by atoms with Gasteiger partial charge in [0.15, 0.2) is 0 Å². The van der Waals surface area contributed by atoms with Gasteiger partial charge in [-0.25, -0.2) is 0 Å². The molecule has 0 spiro atoms. The van der Waals surface area contributed by atoms with Crippen LogP contribution in [0.5, 0.6) is 5.75 Å². The summed E-state index contributed by atoms with van der Waals surface area (Å²) in [6.45, 7) is 0.141. The van der Waals surface area contributed by atoms with Crippen LogP contribution in [0.3, 0.4) is 0 Å². The van der Waals surface area contributed by atoms with Crippen LogP contribution in [0, 0.1) is 0 Å². The minimum atomic E-state index is -4.66. The summed E-state index contributed by atoms with van der Waals surface area (Å²) >= 11 is 0. The number of nitrogens with zero attached hydrogens (tertiary/aromatic N) is 1. The van der Waals surface area contributed by atoms with Crippen molar-refractivity contribution in [2.24, 2.45) is 0 Å². The van der Waals surface area contributed by atoms with Crippen molar-refractivity contribution in [2.45, 2.75) is 12.4 Å². The maximum Gasteiger partial charge on any atom is 0.433 e. The number of aliphatic hydroxyl groups is 1. The van der Waals surface area contributed by atoms with E-state index in [-0.39, 0.29) is 18.8 Å². The third-order valence-electron chi connectivity index (χ3n) is 2.35. The Morgan fingerprint density at radius 2 is 2.00 bits per heavy atom. The molecule has 1 aromatic rings. The second-order valence-electron chi connectivity index (χ2n) is 3.42. The zero-order valence-corrected chi connectivity index (χ0v) is 8.24. The van der Waals surface area contributed by atoms with E-state index in [2.05, 4.69) is 0 Å². The summed E-state index contributed by atoms with van der Waals surface area (Å²) in [6.07, 6.45) is -7.15. The van der Waals surface area contributed by atoms with Gasteiger partial charge >= 0.3 is 6.18 Å². The number of halogens is 3. The fourth-order valence-corrected chi connectivity index (χ4v) is 1.62. The highest BCUT2D eigenvalue weighted by Gasteiger charge is 2.44. The van der Waals surface area contributed by atoms with Gasteiger partial charge in [-0.05, 0) is 12.1 Å². The summed E-state index contributed by atoms with van der Waals surface area (Å²) in [5.41, 5.74) is 0.263. The Morgan fingerprint density at radius 1 is 1.31 bits per heavy atom. The topological polar surface area (TPSA) is 32.7 Å². The van der Waals surface area contributed by atoms with E-state index >= 15 is 0 Å². The van der Waals surface area contributed by atoms with Gasteiger partial charge in [0.25, 0.3) is 0 Å². The maximum absolute atomic E-state index is 12.4. The van der Waals surface area contributed by atoms with Gasteiger partial charge in [-0.15, -0.1) is 0 Å². The summed E-state index contributed by atoms with van der Waals surface area (Å²) in [6, 6.07) is 6.33. The smallest absolute Gasteiger partial charge is 0.433 e.